The van der Waals surface area contributed by atoms with Gasteiger partial charge in [0.15, 0.2) is 17.4 Å². The second-order valence-corrected chi connectivity index (χ2v) is 8.53. The fourth-order valence-electron chi connectivity index (χ4n) is 4.29. The average molecular weight is 485 g/mol. The first-order valence-corrected chi connectivity index (χ1v) is 10.9. The molecule has 6 nitrogen and oxygen atoms in total. The van der Waals surface area contributed by atoms with Crippen molar-refractivity contribution in [3.63, 3.8) is 0 Å². The molecule has 1 aliphatic heterocycles. The van der Waals surface area contributed by atoms with Crippen LogP contribution in [0.3, 0.4) is 0 Å². The Balaban J connectivity index is 1.55. The molecular weight excluding hydrogens is 469 g/mol. The molecule has 6 rings (SSSR count). The van der Waals surface area contributed by atoms with Gasteiger partial charge in [0.05, 0.1) is 28.8 Å². The summed E-state index contributed by atoms with van der Waals surface area (Å²) in [7, 11) is 0. The molecule has 2 aromatic heterocycles. The summed E-state index contributed by atoms with van der Waals surface area (Å²) >= 11 is 0. The van der Waals surface area contributed by atoms with Gasteiger partial charge in [0.1, 0.15) is 17.6 Å². The third-order valence-electron chi connectivity index (χ3n) is 6.33. The summed E-state index contributed by atoms with van der Waals surface area (Å²) in [4.78, 5) is 6.11. The molecule has 2 aromatic carbocycles. The normalized spacial score (nSPS) is 16.9. The highest BCUT2D eigenvalue weighted by atomic mass is 19.4. The number of para-hydroxylation sites is 1. The van der Waals surface area contributed by atoms with Gasteiger partial charge in [-0.05, 0) is 43.5 Å². The fraction of sp³-hybridized carbons (Fsp3) is 0.292. The Morgan fingerprint density at radius 3 is 2.69 bits per heavy atom. The van der Waals surface area contributed by atoms with Gasteiger partial charge in [-0.25, -0.2) is 8.78 Å². The molecule has 0 unspecified atom stereocenters. The maximum absolute atomic E-state index is 15.1. The van der Waals surface area contributed by atoms with E-state index in [1.54, 1.807) is 23.1 Å². The molecule has 4 aromatic rings. The number of benzene rings is 2. The van der Waals surface area contributed by atoms with E-state index in [0.29, 0.717) is 24.2 Å². The number of ether oxygens (including phenoxy) is 1. The van der Waals surface area contributed by atoms with Crippen LogP contribution in [-0.4, -0.2) is 38.9 Å². The molecule has 11 heteroatoms. The number of hydrogen-bond donors (Lipinski definition) is 0. The Morgan fingerprint density at radius 2 is 1.91 bits per heavy atom. The molecule has 35 heavy (non-hydrogen) atoms. The van der Waals surface area contributed by atoms with Gasteiger partial charge in [0.25, 0.3) is 5.78 Å². The highest BCUT2D eigenvalue weighted by molar-refractivity contribution is 5.95. The third-order valence-corrected chi connectivity index (χ3v) is 6.33. The Labute approximate surface area is 195 Å². The average Bonchev–Trinajstić information content (AvgIpc) is 3.55. The second-order valence-electron chi connectivity index (χ2n) is 8.53. The van der Waals surface area contributed by atoms with Crippen molar-refractivity contribution in [3.05, 3.63) is 53.9 Å². The highest BCUT2D eigenvalue weighted by Crippen LogP contribution is 2.57. The fourth-order valence-corrected chi connectivity index (χ4v) is 4.29. The summed E-state index contributed by atoms with van der Waals surface area (Å²) in [6.45, 7) is 0.591. The van der Waals surface area contributed by atoms with Crippen molar-refractivity contribution in [2.45, 2.75) is 25.4 Å². The monoisotopic (exact) mass is 485 g/mol. The van der Waals surface area contributed by atoms with Crippen LogP contribution in [0.5, 0.6) is 5.75 Å². The van der Waals surface area contributed by atoms with E-state index in [-0.39, 0.29) is 47.7 Å². The molecule has 0 atom stereocenters. The molecule has 2 aliphatic rings. The summed E-state index contributed by atoms with van der Waals surface area (Å²) in [6, 6.07) is 7.32. The maximum atomic E-state index is 15.1. The van der Waals surface area contributed by atoms with Crippen molar-refractivity contribution in [1.82, 2.24) is 19.6 Å². The van der Waals surface area contributed by atoms with E-state index in [1.807, 2.05) is 0 Å². The Kier molecular flexibility index (Phi) is 4.64. The molecule has 0 radical (unpaired) electrons. The minimum absolute atomic E-state index is 0.0371. The van der Waals surface area contributed by atoms with E-state index >= 15 is 4.39 Å². The van der Waals surface area contributed by atoms with Crippen LogP contribution in [0.4, 0.5) is 33.5 Å². The first kappa shape index (κ1) is 21.6. The van der Waals surface area contributed by atoms with E-state index in [0.717, 1.165) is 6.07 Å². The van der Waals surface area contributed by atoms with Gasteiger partial charge < -0.3 is 9.64 Å². The predicted molar refractivity (Wildman–Crippen MR) is 116 cm³/mol. The quantitative estimate of drug-likeness (QED) is 0.275. The molecule has 0 spiro atoms. The summed E-state index contributed by atoms with van der Waals surface area (Å²) < 4.78 is 76.9. The van der Waals surface area contributed by atoms with Crippen LogP contribution in [0.25, 0.3) is 16.7 Å². The van der Waals surface area contributed by atoms with Gasteiger partial charge >= 0.3 is 6.18 Å². The van der Waals surface area contributed by atoms with Crippen LogP contribution in [0.1, 0.15) is 24.8 Å². The molecule has 178 valence electrons. The molecular formula is C24H16F5N5O. The summed E-state index contributed by atoms with van der Waals surface area (Å²) in [5, 5.41) is 7.71. The molecule has 0 amide bonds. The summed E-state index contributed by atoms with van der Waals surface area (Å²) in [5.74, 6) is 3.49. The number of alkyl halides is 3. The van der Waals surface area contributed by atoms with Crippen molar-refractivity contribution >= 4 is 28.2 Å². The van der Waals surface area contributed by atoms with Crippen LogP contribution in [-0.2, 0) is 0 Å². The van der Waals surface area contributed by atoms with Gasteiger partial charge in [0.2, 0.25) is 0 Å². The van der Waals surface area contributed by atoms with Crippen LogP contribution in [0.15, 0.2) is 36.7 Å². The predicted octanol–water partition coefficient (Wildman–Crippen LogP) is 5.17. The zero-order valence-electron chi connectivity index (χ0n) is 18.0. The molecule has 0 bridgehead atoms. The van der Waals surface area contributed by atoms with E-state index in [4.69, 9.17) is 4.74 Å². The zero-order valence-corrected chi connectivity index (χ0v) is 18.0. The first-order chi connectivity index (χ1) is 16.8. The Bertz CT molecular complexity index is 1550. The van der Waals surface area contributed by atoms with Crippen molar-refractivity contribution in [1.29, 1.82) is 0 Å². The van der Waals surface area contributed by atoms with Gasteiger partial charge in [-0.15, -0.1) is 10.2 Å². The SMILES string of the molecule is Fc1ccc2c(c(N3CCCOc4c(C#CC5(C(F)(F)F)CC5)cccc43)nc3nncn32)c1F. The number of hydrogen-bond acceptors (Lipinski definition) is 5. The van der Waals surface area contributed by atoms with Crippen LogP contribution in [0.2, 0.25) is 0 Å². The smallest absolute Gasteiger partial charge is 0.405 e. The Hall–Kier alpha value is -3.94. The summed E-state index contributed by atoms with van der Waals surface area (Å²) in [6.07, 6.45) is -2.63. The minimum Gasteiger partial charge on any atom is -0.490 e. The summed E-state index contributed by atoms with van der Waals surface area (Å²) in [5.41, 5.74) is -0.952. The lowest BCUT2D eigenvalue weighted by Gasteiger charge is -2.25. The van der Waals surface area contributed by atoms with Crippen molar-refractivity contribution in [2.24, 2.45) is 5.41 Å². The second kappa shape index (κ2) is 7.53. The lowest BCUT2D eigenvalue weighted by molar-refractivity contribution is -0.168. The van der Waals surface area contributed by atoms with Crippen molar-refractivity contribution in [2.75, 3.05) is 18.1 Å². The van der Waals surface area contributed by atoms with Gasteiger partial charge in [-0.3, -0.25) is 4.40 Å². The number of nitrogens with zero attached hydrogens (tertiary/aromatic N) is 5. The van der Waals surface area contributed by atoms with E-state index in [2.05, 4.69) is 27.0 Å². The van der Waals surface area contributed by atoms with Crippen molar-refractivity contribution in [3.8, 4) is 17.6 Å². The Morgan fingerprint density at radius 1 is 1.09 bits per heavy atom. The number of rotatable bonds is 1. The lowest BCUT2D eigenvalue weighted by Crippen LogP contribution is -2.22. The van der Waals surface area contributed by atoms with Gasteiger partial charge in [0, 0.05) is 6.54 Å². The van der Waals surface area contributed by atoms with E-state index in [1.165, 1.54) is 16.8 Å². The molecule has 0 N–H and O–H groups in total. The van der Waals surface area contributed by atoms with E-state index < -0.39 is 23.2 Å². The number of anilines is 2. The highest BCUT2D eigenvalue weighted by Gasteiger charge is 2.62. The maximum Gasteiger partial charge on any atom is 0.405 e. The van der Waals surface area contributed by atoms with Crippen LogP contribution < -0.4 is 9.64 Å². The largest absolute Gasteiger partial charge is 0.490 e. The molecule has 1 saturated carbocycles. The van der Waals surface area contributed by atoms with Gasteiger partial charge in [-0.2, -0.15) is 18.2 Å². The zero-order chi connectivity index (χ0) is 24.4. The first-order valence-electron chi connectivity index (χ1n) is 10.9. The molecule has 3 heterocycles. The van der Waals surface area contributed by atoms with Crippen LogP contribution >= 0.6 is 0 Å². The topological polar surface area (TPSA) is 55.5 Å². The standard InChI is InChI=1S/C24H16F5N5O/c25-15-5-6-16-18(19(15)26)21(31-22-32-30-13-34(16)22)33-11-2-12-35-20-14(3-1-4-17(20)33)7-8-23(9-10-23)24(27,28)29/h1,3-6,13H,2,9-12H2. The van der Waals surface area contributed by atoms with Gasteiger partial charge in [-0.1, -0.05) is 17.9 Å². The minimum atomic E-state index is -4.41. The van der Waals surface area contributed by atoms with Crippen molar-refractivity contribution < 1.29 is 26.7 Å². The molecule has 1 fully saturated rings. The van der Waals surface area contributed by atoms with E-state index in [9.17, 15) is 17.6 Å². The third kappa shape index (κ3) is 3.35. The lowest BCUT2D eigenvalue weighted by atomic mass is 10.1. The number of fused-ring (bicyclic) bond motifs is 4. The molecule has 1 aliphatic carbocycles. The van der Waals surface area contributed by atoms with Crippen LogP contribution in [0, 0.1) is 28.9 Å². The molecule has 0 saturated heterocycles. The number of aromatic nitrogens is 4. The number of halogens is 5.